The predicted molar refractivity (Wildman–Crippen MR) is 62.1 cm³/mol. The zero-order valence-corrected chi connectivity index (χ0v) is 9.45. The van der Waals surface area contributed by atoms with Crippen LogP contribution in [0.2, 0.25) is 0 Å². The molecule has 1 heterocycles. The number of hydrogen-bond donors (Lipinski definition) is 1. The smallest absolute Gasteiger partial charge is 0.309 e. The molecule has 0 aliphatic heterocycles. The Kier molecular flexibility index (Phi) is 4.51. The summed E-state index contributed by atoms with van der Waals surface area (Å²) >= 11 is 0. The van der Waals surface area contributed by atoms with Crippen molar-refractivity contribution in [3.63, 3.8) is 0 Å². The maximum absolute atomic E-state index is 11.3. The molecule has 0 radical (unpaired) electrons. The van der Waals surface area contributed by atoms with Gasteiger partial charge in [0.1, 0.15) is 0 Å². The lowest BCUT2D eigenvalue weighted by Gasteiger charge is -1.97. The highest BCUT2D eigenvalue weighted by Crippen LogP contribution is 2.00. The van der Waals surface area contributed by atoms with E-state index in [9.17, 15) is 9.59 Å². The van der Waals surface area contributed by atoms with Gasteiger partial charge in [0.2, 0.25) is 0 Å². The number of hydrogen-bond acceptors (Lipinski definition) is 3. The first kappa shape index (κ1) is 12.2. The summed E-state index contributed by atoms with van der Waals surface area (Å²) in [6.45, 7) is 4.02. The van der Waals surface area contributed by atoms with Gasteiger partial charge in [-0.1, -0.05) is 12.2 Å². The van der Waals surface area contributed by atoms with Crippen molar-refractivity contribution >= 4 is 12.0 Å². The third kappa shape index (κ3) is 3.73. The molecule has 0 aliphatic rings. The topological polar surface area (TPSA) is 59.2 Å². The average Bonchev–Trinajstić information content (AvgIpc) is 2.23. The van der Waals surface area contributed by atoms with Crippen LogP contribution >= 0.6 is 0 Å². The molecular weight excluding hydrogens is 206 g/mol. The Balaban J connectivity index is 2.66. The number of carbonyl (C=O) groups is 1. The van der Waals surface area contributed by atoms with E-state index in [0.29, 0.717) is 12.2 Å². The second kappa shape index (κ2) is 5.90. The van der Waals surface area contributed by atoms with E-state index in [1.54, 1.807) is 31.3 Å². The third-order valence-electron chi connectivity index (χ3n) is 1.96. The van der Waals surface area contributed by atoms with Gasteiger partial charge in [0.05, 0.1) is 13.0 Å². The number of esters is 1. The molecule has 0 bridgehead atoms. The molecule has 0 saturated carbocycles. The highest BCUT2D eigenvalue weighted by molar-refractivity contribution is 5.72. The number of nitrogens with one attached hydrogen (secondary N) is 1. The molecule has 1 aromatic heterocycles. The van der Waals surface area contributed by atoms with Crippen molar-refractivity contribution in [1.82, 2.24) is 4.98 Å². The van der Waals surface area contributed by atoms with Crippen molar-refractivity contribution in [2.45, 2.75) is 20.3 Å². The van der Waals surface area contributed by atoms with E-state index in [1.807, 2.05) is 6.92 Å². The highest BCUT2D eigenvalue weighted by Gasteiger charge is 1.98. The molecule has 0 unspecified atom stereocenters. The molecule has 0 aliphatic carbocycles. The second-order valence-corrected chi connectivity index (χ2v) is 3.37. The van der Waals surface area contributed by atoms with Crippen LogP contribution < -0.4 is 5.56 Å². The fourth-order valence-corrected chi connectivity index (χ4v) is 1.24. The first-order chi connectivity index (χ1) is 7.63. The molecule has 1 aromatic rings. The van der Waals surface area contributed by atoms with Crippen LogP contribution in [0, 0.1) is 6.92 Å². The number of pyridine rings is 1. The van der Waals surface area contributed by atoms with Gasteiger partial charge in [0, 0.05) is 11.8 Å². The van der Waals surface area contributed by atoms with E-state index >= 15 is 0 Å². The molecular formula is C12H15NO3. The van der Waals surface area contributed by atoms with E-state index in [2.05, 4.69) is 4.98 Å². The van der Waals surface area contributed by atoms with Crippen molar-refractivity contribution in [3.8, 4) is 0 Å². The predicted octanol–water partition coefficient (Wildman–Crippen LogP) is 1.65. The fourth-order valence-electron chi connectivity index (χ4n) is 1.24. The lowest BCUT2D eigenvalue weighted by molar-refractivity contribution is -0.142. The zero-order valence-electron chi connectivity index (χ0n) is 9.45. The minimum Gasteiger partial charge on any atom is -0.466 e. The van der Waals surface area contributed by atoms with Gasteiger partial charge in [-0.05, 0) is 25.5 Å². The van der Waals surface area contributed by atoms with Crippen LogP contribution in [-0.4, -0.2) is 17.6 Å². The van der Waals surface area contributed by atoms with E-state index in [1.165, 1.54) is 0 Å². The van der Waals surface area contributed by atoms with E-state index in [4.69, 9.17) is 4.74 Å². The molecule has 0 fully saturated rings. The van der Waals surface area contributed by atoms with E-state index in [-0.39, 0.29) is 17.9 Å². The number of aryl methyl sites for hydroxylation is 1. The van der Waals surface area contributed by atoms with Crippen molar-refractivity contribution < 1.29 is 9.53 Å². The summed E-state index contributed by atoms with van der Waals surface area (Å²) in [5, 5.41) is 0. The van der Waals surface area contributed by atoms with Crippen LogP contribution in [0.25, 0.3) is 6.08 Å². The SMILES string of the molecule is CCOC(=O)CC=Cc1cc(C)c[nH]c1=O. The van der Waals surface area contributed by atoms with Crippen LogP contribution in [0.3, 0.4) is 0 Å². The Bertz CT molecular complexity index is 446. The Morgan fingerprint density at radius 1 is 1.56 bits per heavy atom. The van der Waals surface area contributed by atoms with Gasteiger partial charge in [0.25, 0.3) is 5.56 Å². The fraction of sp³-hybridized carbons (Fsp3) is 0.333. The normalized spacial score (nSPS) is 10.6. The van der Waals surface area contributed by atoms with Gasteiger partial charge >= 0.3 is 5.97 Å². The molecule has 1 N–H and O–H groups in total. The number of H-pyrrole nitrogens is 1. The van der Waals surface area contributed by atoms with Crippen molar-refractivity contribution in [2.24, 2.45) is 0 Å². The lowest BCUT2D eigenvalue weighted by Crippen LogP contribution is -2.08. The van der Waals surface area contributed by atoms with Crippen molar-refractivity contribution in [3.05, 3.63) is 39.8 Å². The largest absolute Gasteiger partial charge is 0.466 e. The highest BCUT2D eigenvalue weighted by atomic mass is 16.5. The summed E-state index contributed by atoms with van der Waals surface area (Å²) in [6.07, 6.45) is 5.08. The standard InChI is InChI=1S/C12H15NO3/c1-3-16-11(14)6-4-5-10-7-9(2)8-13-12(10)15/h4-5,7-8H,3,6H2,1-2H3,(H,13,15). The third-order valence-corrected chi connectivity index (χ3v) is 1.96. The minimum atomic E-state index is -0.289. The van der Waals surface area contributed by atoms with Crippen LogP contribution in [0.15, 0.2) is 23.1 Å². The molecule has 4 heteroatoms. The molecule has 4 nitrogen and oxygen atoms in total. The number of aromatic nitrogens is 1. The van der Waals surface area contributed by atoms with Crippen LogP contribution in [0.1, 0.15) is 24.5 Å². The molecule has 0 aromatic carbocycles. The average molecular weight is 221 g/mol. The zero-order chi connectivity index (χ0) is 12.0. The second-order valence-electron chi connectivity index (χ2n) is 3.37. The minimum absolute atomic E-state index is 0.161. The van der Waals surface area contributed by atoms with Crippen LogP contribution in [-0.2, 0) is 9.53 Å². The van der Waals surface area contributed by atoms with Crippen molar-refractivity contribution in [2.75, 3.05) is 6.61 Å². The number of aromatic amines is 1. The number of carbonyl (C=O) groups excluding carboxylic acids is 1. The molecule has 0 atom stereocenters. The Hall–Kier alpha value is -1.84. The summed E-state index contributed by atoms with van der Waals surface area (Å²) in [5.41, 5.74) is 1.35. The Morgan fingerprint density at radius 3 is 3.00 bits per heavy atom. The van der Waals surface area contributed by atoms with E-state index < -0.39 is 0 Å². The van der Waals surface area contributed by atoms with Gasteiger partial charge in [-0.25, -0.2) is 0 Å². The van der Waals surface area contributed by atoms with Gasteiger partial charge in [-0.15, -0.1) is 0 Å². The molecule has 1 rings (SSSR count). The first-order valence-corrected chi connectivity index (χ1v) is 5.15. The molecule has 16 heavy (non-hydrogen) atoms. The summed E-state index contributed by atoms with van der Waals surface area (Å²) in [6, 6.07) is 1.76. The summed E-state index contributed by atoms with van der Waals surface area (Å²) in [5.74, 6) is -0.289. The molecule has 0 spiro atoms. The summed E-state index contributed by atoms with van der Waals surface area (Å²) in [7, 11) is 0. The number of rotatable bonds is 4. The van der Waals surface area contributed by atoms with Crippen molar-refractivity contribution in [1.29, 1.82) is 0 Å². The monoisotopic (exact) mass is 221 g/mol. The maximum Gasteiger partial charge on any atom is 0.309 e. The maximum atomic E-state index is 11.3. The first-order valence-electron chi connectivity index (χ1n) is 5.15. The molecule has 86 valence electrons. The quantitative estimate of drug-likeness (QED) is 0.786. The summed E-state index contributed by atoms with van der Waals surface area (Å²) < 4.78 is 4.76. The lowest BCUT2D eigenvalue weighted by atomic mass is 10.2. The summed E-state index contributed by atoms with van der Waals surface area (Å²) in [4.78, 5) is 25.0. The Labute approximate surface area is 94.0 Å². The Morgan fingerprint density at radius 2 is 2.31 bits per heavy atom. The van der Waals surface area contributed by atoms with Gasteiger partial charge in [0.15, 0.2) is 0 Å². The van der Waals surface area contributed by atoms with Gasteiger partial charge < -0.3 is 9.72 Å². The van der Waals surface area contributed by atoms with Gasteiger partial charge in [-0.2, -0.15) is 0 Å². The molecule has 0 amide bonds. The van der Waals surface area contributed by atoms with Gasteiger partial charge in [-0.3, -0.25) is 9.59 Å². The molecule has 0 saturated heterocycles. The number of ether oxygens (including phenoxy) is 1. The van der Waals surface area contributed by atoms with E-state index in [0.717, 1.165) is 5.56 Å². The van der Waals surface area contributed by atoms with Crippen LogP contribution in [0.4, 0.5) is 0 Å². The van der Waals surface area contributed by atoms with Crippen LogP contribution in [0.5, 0.6) is 0 Å².